The van der Waals surface area contributed by atoms with Crippen LogP contribution in [0.25, 0.3) is 0 Å². The van der Waals surface area contributed by atoms with E-state index < -0.39 is 17.7 Å². The molecule has 3 amide bonds. The number of urea groups is 1. The highest BCUT2D eigenvalue weighted by molar-refractivity contribution is 5.89. The minimum absolute atomic E-state index is 0.0154. The Balaban J connectivity index is 1.90. The zero-order valence-electron chi connectivity index (χ0n) is 13.9. The van der Waals surface area contributed by atoms with E-state index in [0.29, 0.717) is 19.6 Å². The molecule has 1 aromatic carbocycles. The molecule has 0 aliphatic carbocycles. The summed E-state index contributed by atoms with van der Waals surface area (Å²) >= 11 is 0. The number of likely N-dealkylation sites (tertiary alicyclic amines) is 1. The van der Waals surface area contributed by atoms with E-state index in [1.54, 1.807) is 4.90 Å². The van der Waals surface area contributed by atoms with Gasteiger partial charge < -0.3 is 15.5 Å². The van der Waals surface area contributed by atoms with E-state index in [2.05, 4.69) is 10.6 Å². The first kappa shape index (κ1) is 18.2. The molecule has 0 aromatic heterocycles. The Kier molecular flexibility index (Phi) is 6.11. The van der Waals surface area contributed by atoms with Crippen LogP contribution in [0.5, 0.6) is 0 Å². The fourth-order valence-corrected chi connectivity index (χ4v) is 2.65. The minimum Gasteiger partial charge on any atom is -0.356 e. The molecule has 0 unspecified atom stereocenters. The SMILES string of the molecule is CC(C)C(=O)NC[C@H]1CCCN(C(=O)Nc2cc(F)ccc2F)C1. The summed E-state index contributed by atoms with van der Waals surface area (Å²) in [7, 11) is 0. The number of benzene rings is 1. The third-order valence-corrected chi connectivity index (χ3v) is 4.07. The summed E-state index contributed by atoms with van der Waals surface area (Å²) in [5, 5.41) is 5.28. The molecule has 1 aliphatic heterocycles. The molecule has 0 saturated carbocycles. The third kappa shape index (κ3) is 4.91. The van der Waals surface area contributed by atoms with E-state index in [9.17, 15) is 18.4 Å². The van der Waals surface area contributed by atoms with E-state index in [0.717, 1.165) is 31.0 Å². The van der Waals surface area contributed by atoms with E-state index in [1.807, 2.05) is 13.8 Å². The number of hydrogen-bond acceptors (Lipinski definition) is 2. The molecule has 1 heterocycles. The topological polar surface area (TPSA) is 61.4 Å². The molecule has 5 nitrogen and oxygen atoms in total. The maximum Gasteiger partial charge on any atom is 0.321 e. The Morgan fingerprint density at radius 1 is 1.33 bits per heavy atom. The van der Waals surface area contributed by atoms with Crippen molar-refractivity contribution >= 4 is 17.6 Å². The Labute approximate surface area is 140 Å². The van der Waals surface area contributed by atoms with Gasteiger partial charge in [-0.2, -0.15) is 0 Å². The molecular formula is C17H23F2N3O2. The zero-order valence-corrected chi connectivity index (χ0v) is 13.9. The van der Waals surface area contributed by atoms with Crippen LogP contribution in [0.4, 0.5) is 19.3 Å². The van der Waals surface area contributed by atoms with Gasteiger partial charge in [0.25, 0.3) is 0 Å². The average molecular weight is 339 g/mol. The number of halogens is 2. The molecule has 132 valence electrons. The number of piperidine rings is 1. The van der Waals surface area contributed by atoms with Gasteiger partial charge in [0, 0.05) is 31.6 Å². The van der Waals surface area contributed by atoms with Gasteiger partial charge in [-0.05, 0) is 30.9 Å². The Morgan fingerprint density at radius 3 is 2.79 bits per heavy atom. The van der Waals surface area contributed by atoms with Crippen LogP contribution in [0.15, 0.2) is 18.2 Å². The smallest absolute Gasteiger partial charge is 0.321 e. The van der Waals surface area contributed by atoms with Crippen molar-refractivity contribution in [1.82, 2.24) is 10.2 Å². The van der Waals surface area contributed by atoms with E-state index >= 15 is 0 Å². The second kappa shape index (κ2) is 8.08. The predicted octanol–water partition coefficient (Wildman–Crippen LogP) is 2.98. The molecule has 1 fully saturated rings. The minimum atomic E-state index is -0.678. The van der Waals surface area contributed by atoms with Crippen LogP contribution < -0.4 is 10.6 Å². The van der Waals surface area contributed by atoms with Gasteiger partial charge in [0.1, 0.15) is 11.6 Å². The van der Waals surface area contributed by atoms with Gasteiger partial charge in [-0.1, -0.05) is 13.8 Å². The number of carbonyl (C=O) groups excluding carboxylic acids is 2. The molecule has 0 radical (unpaired) electrons. The molecule has 1 atom stereocenters. The average Bonchev–Trinajstić information content (AvgIpc) is 2.56. The Hall–Kier alpha value is -2.18. The highest BCUT2D eigenvalue weighted by Crippen LogP contribution is 2.19. The van der Waals surface area contributed by atoms with Gasteiger partial charge in [-0.3, -0.25) is 4.79 Å². The number of rotatable bonds is 4. The van der Waals surface area contributed by atoms with Gasteiger partial charge in [-0.25, -0.2) is 13.6 Å². The molecule has 2 N–H and O–H groups in total. The second-order valence-corrected chi connectivity index (χ2v) is 6.41. The first-order chi connectivity index (χ1) is 11.4. The normalized spacial score (nSPS) is 17.7. The van der Waals surface area contributed by atoms with Crippen LogP contribution in [0, 0.1) is 23.5 Å². The number of hydrogen-bond donors (Lipinski definition) is 2. The lowest BCUT2D eigenvalue weighted by atomic mass is 9.98. The molecule has 2 rings (SSSR count). The third-order valence-electron chi connectivity index (χ3n) is 4.07. The van der Waals surface area contributed by atoms with Crippen molar-refractivity contribution in [2.45, 2.75) is 26.7 Å². The van der Waals surface area contributed by atoms with Gasteiger partial charge in [0.2, 0.25) is 5.91 Å². The fourth-order valence-electron chi connectivity index (χ4n) is 2.65. The van der Waals surface area contributed by atoms with E-state index in [1.165, 1.54) is 0 Å². The van der Waals surface area contributed by atoms with Crippen LogP contribution in [0.3, 0.4) is 0 Å². The second-order valence-electron chi connectivity index (χ2n) is 6.41. The Morgan fingerprint density at radius 2 is 2.08 bits per heavy atom. The van der Waals surface area contributed by atoms with Crippen LogP contribution >= 0.6 is 0 Å². The van der Waals surface area contributed by atoms with Gasteiger partial charge in [0.05, 0.1) is 5.69 Å². The number of nitrogens with one attached hydrogen (secondary N) is 2. The molecule has 0 bridgehead atoms. The van der Waals surface area contributed by atoms with Gasteiger partial charge in [-0.15, -0.1) is 0 Å². The molecule has 0 spiro atoms. The van der Waals surface area contributed by atoms with Crippen LogP contribution in [0.1, 0.15) is 26.7 Å². The van der Waals surface area contributed by atoms with Crippen molar-refractivity contribution in [1.29, 1.82) is 0 Å². The van der Waals surface area contributed by atoms with Crippen molar-refractivity contribution in [3.05, 3.63) is 29.8 Å². The highest BCUT2D eigenvalue weighted by atomic mass is 19.1. The lowest BCUT2D eigenvalue weighted by molar-refractivity contribution is -0.124. The first-order valence-corrected chi connectivity index (χ1v) is 8.15. The lowest BCUT2D eigenvalue weighted by Gasteiger charge is -2.33. The zero-order chi connectivity index (χ0) is 17.7. The summed E-state index contributed by atoms with van der Waals surface area (Å²) < 4.78 is 26.8. The van der Waals surface area contributed by atoms with Gasteiger partial charge in [0.15, 0.2) is 0 Å². The number of nitrogens with zero attached hydrogens (tertiary/aromatic N) is 1. The monoisotopic (exact) mass is 339 g/mol. The first-order valence-electron chi connectivity index (χ1n) is 8.15. The maximum atomic E-state index is 13.6. The number of anilines is 1. The summed E-state index contributed by atoms with van der Waals surface area (Å²) in [5.74, 6) is -1.23. The molecule has 24 heavy (non-hydrogen) atoms. The van der Waals surface area contributed by atoms with Gasteiger partial charge >= 0.3 is 6.03 Å². The summed E-state index contributed by atoms with van der Waals surface area (Å²) in [6.07, 6.45) is 1.72. The molecule has 7 heteroatoms. The van der Waals surface area contributed by atoms with Crippen LogP contribution in [-0.2, 0) is 4.79 Å². The van der Waals surface area contributed by atoms with E-state index in [-0.39, 0.29) is 23.4 Å². The standard InChI is InChI=1S/C17H23F2N3O2/c1-11(2)16(23)20-9-12-4-3-7-22(10-12)17(24)21-15-8-13(18)5-6-14(15)19/h5-6,8,11-12H,3-4,7,9-10H2,1-2H3,(H,20,23)(H,21,24)/t12-/m1/s1. The van der Waals surface area contributed by atoms with Crippen molar-refractivity contribution in [3.8, 4) is 0 Å². The molecular weight excluding hydrogens is 316 g/mol. The molecule has 1 saturated heterocycles. The van der Waals surface area contributed by atoms with Crippen molar-refractivity contribution in [2.24, 2.45) is 11.8 Å². The maximum absolute atomic E-state index is 13.6. The van der Waals surface area contributed by atoms with E-state index in [4.69, 9.17) is 0 Å². The van der Waals surface area contributed by atoms with Crippen LogP contribution in [-0.4, -0.2) is 36.5 Å². The van der Waals surface area contributed by atoms with Crippen LogP contribution in [0.2, 0.25) is 0 Å². The lowest BCUT2D eigenvalue weighted by Crippen LogP contribution is -2.45. The summed E-state index contributed by atoms with van der Waals surface area (Å²) in [6, 6.07) is 2.47. The molecule has 1 aromatic rings. The summed E-state index contributed by atoms with van der Waals surface area (Å²) in [6.45, 7) is 5.18. The summed E-state index contributed by atoms with van der Waals surface area (Å²) in [5.41, 5.74) is -0.171. The molecule has 1 aliphatic rings. The van der Waals surface area contributed by atoms with Crippen molar-refractivity contribution in [3.63, 3.8) is 0 Å². The predicted molar refractivity (Wildman–Crippen MR) is 87.5 cm³/mol. The largest absolute Gasteiger partial charge is 0.356 e. The number of amides is 3. The Bertz CT molecular complexity index is 607. The highest BCUT2D eigenvalue weighted by Gasteiger charge is 2.24. The quantitative estimate of drug-likeness (QED) is 0.886. The number of carbonyl (C=O) groups is 2. The fraction of sp³-hybridized carbons (Fsp3) is 0.529. The summed E-state index contributed by atoms with van der Waals surface area (Å²) in [4.78, 5) is 25.5. The van der Waals surface area contributed by atoms with Crippen molar-refractivity contribution in [2.75, 3.05) is 25.0 Å². The van der Waals surface area contributed by atoms with Crippen molar-refractivity contribution < 1.29 is 18.4 Å².